The maximum Gasteiger partial charge on any atom is 0.148 e. The number of nitrogens with two attached hydrogens (primary N) is 1. The summed E-state index contributed by atoms with van der Waals surface area (Å²) in [4.78, 5) is 4.17. The largest absolute Gasteiger partial charge is 0.455 e. The summed E-state index contributed by atoms with van der Waals surface area (Å²) in [5, 5.41) is 0. The van der Waals surface area contributed by atoms with Crippen molar-refractivity contribution >= 4 is 5.69 Å². The first-order valence-electron chi connectivity index (χ1n) is 5.12. The number of anilines is 1. The van der Waals surface area contributed by atoms with Crippen LogP contribution in [0.5, 0.6) is 11.5 Å². The molecule has 1 aromatic heterocycles. The van der Waals surface area contributed by atoms with E-state index < -0.39 is 0 Å². The molecule has 2 N–H and O–H groups in total. The van der Waals surface area contributed by atoms with Crippen LogP contribution >= 0.6 is 0 Å². The standard InChI is InChI=1S/C13H14N2O/c1-9-8-11(14)5-6-12(9)16-13-4-3-7-15-10(13)2/h3-8H,14H2,1-2H3. The Morgan fingerprint density at radius 1 is 1.12 bits per heavy atom. The predicted molar refractivity (Wildman–Crippen MR) is 64.6 cm³/mol. The fraction of sp³-hybridized carbons (Fsp3) is 0.154. The van der Waals surface area contributed by atoms with E-state index in [2.05, 4.69) is 4.98 Å². The molecule has 1 aromatic carbocycles. The molecule has 0 fully saturated rings. The summed E-state index contributed by atoms with van der Waals surface area (Å²) < 4.78 is 5.78. The SMILES string of the molecule is Cc1cc(N)ccc1Oc1cccnc1C. The summed E-state index contributed by atoms with van der Waals surface area (Å²) in [5.74, 6) is 1.58. The molecule has 16 heavy (non-hydrogen) atoms. The van der Waals surface area contributed by atoms with Gasteiger partial charge >= 0.3 is 0 Å². The van der Waals surface area contributed by atoms with Crippen molar-refractivity contribution in [3.63, 3.8) is 0 Å². The van der Waals surface area contributed by atoms with Crippen LogP contribution in [-0.4, -0.2) is 4.98 Å². The van der Waals surface area contributed by atoms with Crippen LogP contribution in [0.15, 0.2) is 36.5 Å². The second-order valence-corrected chi connectivity index (χ2v) is 3.71. The summed E-state index contributed by atoms with van der Waals surface area (Å²) in [6.45, 7) is 3.89. The molecule has 0 aliphatic heterocycles. The maximum absolute atomic E-state index is 5.78. The fourth-order valence-electron chi connectivity index (χ4n) is 1.48. The van der Waals surface area contributed by atoms with Gasteiger partial charge in [-0.05, 0) is 49.7 Å². The second kappa shape index (κ2) is 4.23. The number of nitrogen functional groups attached to an aromatic ring is 1. The zero-order valence-corrected chi connectivity index (χ0v) is 9.40. The van der Waals surface area contributed by atoms with Gasteiger partial charge in [0.1, 0.15) is 11.5 Å². The van der Waals surface area contributed by atoms with Gasteiger partial charge < -0.3 is 10.5 Å². The highest BCUT2D eigenvalue weighted by atomic mass is 16.5. The first-order chi connectivity index (χ1) is 7.66. The molecule has 0 atom stereocenters. The van der Waals surface area contributed by atoms with Crippen LogP contribution in [0, 0.1) is 13.8 Å². The molecule has 0 spiro atoms. The molecule has 0 aliphatic carbocycles. The van der Waals surface area contributed by atoms with E-state index in [9.17, 15) is 0 Å². The first-order valence-corrected chi connectivity index (χ1v) is 5.12. The number of hydrogen-bond acceptors (Lipinski definition) is 3. The van der Waals surface area contributed by atoms with E-state index in [1.807, 2.05) is 44.2 Å². The molecular formula is C13H14N2O. The van der Waals surface area contributed by atoms with Crippen molar-refractivity contribution in [2.24, 2.45) is 0 Å². The molecule has 2 aromatic rings. The van der Waals surface area contributed by atoms with Crippen molar-refractivity contribution in [2.45, 2.75) is 13.8 Å². The molecule has 0 amide bonds. The van der Waals surface area contributed by atoms with Crippen LogP contribution < -0.4 is 10.5 Å². The highest BCUT2D eigenvalue weighted by Crippen LogP contribution is 2.27. The molecule has 0 saturated heterocycles. The van der Waals surface area contributed by atoms with Crippen LogP contribution in [0.1, 0.15) is 11.3 Å². The molecule has 0 unspecified atom stereocenters. The zero-order valence-electron chi connectivity index (χ0n) is 9.40. The second-order valence-electron chi connectivity index (χ2n) is 3.71. The Morgan fingerprint density at radius 2 is 1.94 bits per heavy atom. The lowest BCUT2D eigenvalue weighted by Gasteiger charge is -2.10. The molecule has 0 saturated carbocycles. The number of pyridine rings is 1. The minimum atomic E-state index is 0.743. The van der Waals surface area contributed by atoms with Gasteiger partial charge in [-0.1, -0.05) is 0 Å². The Bertz CT molecular complexity index is 509. The van der Waals surface area contributed by atoms with Crippen molar-refractivity contribution in [1.29, 1.82) is 0 Å². The molecule has 0 aliphatic rings. The third-order valence-corrected chi connectivity index (χ3v) is 2.38. The number of aryl methyl sites for hydroxylation is 2. The molecular weight excluding hydrogens is 200 g/mol. The first kappa shape index (κ1) is 10.5. The summed E-state index contributed by atoms with van der Waals surface area (Å²) in [7, 11) is 0. The molecule has 3 nitrogen and oxygen atoms in total. The van der Waals surface area contributed by atoms with E-state index in [1.54, 1.807) is 6.20 Å². The lowest BCUT2D eigenvalue weighted by atomic mass is 10.2. The topological polar surface area (TPSA) is 48.1 Å². The van der Waals surface area contributed by atoms with E-state index in [0.29, 0.717) is 0 Å². The number of rotatable bonds is 2. The minimum Gasteiger partial charge on any atom is -0.455 e. The van der Waals surface area contributed by atoms with E-state index in [0.717, 1.165) is 28.4 Å². The molecule has 3 heteroatoms. The van der Waals surface area contributed by atoms with Crippen molar-refractivity contribution in [1.82, 2.24) is 4.98 Å². The molecule has 1 heterocycles. The third kappa shape index (κ3) is 2.14. The summed E-state index contributed by atoms with van der Waals surface area (Å²) in [6.07, 6.45) is 1.75. The van der Waals surface area contributed by atoms with Gasteiger partial charge in [0.25, 0.3) is 0 Å². The van der Waals surface area contributed by atoms with Crippen molar-refractivity contribution in [3.8, 4) is 11.5 Å². The van der Waals surface area contributed by atoms with Gasteiger partial charge in [0.2, 0.25) is 0 Å². The van der Waals surface area contributed by atoms with Crippen LogP contribution in [-0.2, 0) is 0 Å². The van der Waals surface area contributed by atoms with E-state index >= 15 is 0 Å². The van der Waals surface area contributed by atoms with Crippen LogP contribution in [0.4, 0.5) is 5.69 Å². The molecule has 2 rings (SSSR count). The van der Waals surface area contributed by atoms with Crippen molar-refractivity contribution in [2.75, 3.05) is 5.73 Å². The number of nitrogens with zero attached hydrogens (tertiary/aromatic N) is 1. The lowest BCUT2D eigenvalue weighted by molar-refractivity contribution is 0.472. The highest BCUT2D eigenvalue weighted by Gasteiger charge is 2.04. The average Bonchev–Trinajstić information content (AvgIpc) is 2.25. The van der Waals surface area contributed by atoms with Gasteiger partial charge in [-0.2, -0.15) is 0 Å². The molecule has 0 bridgehead atoms. The summed E-state index contributed by atoms with van der Waals surface area (Å²) in [5.41, 5.74) is 8.32. The average molecular weight is 214 g/mol. The van der Waals surface area contributed by atoms with Gasteiger partial charge in [0.05, 0.1) is 5.69 Å². The van der Waals surface area contributed by atoms with Gasteiger partial charge in [-0.3, -0.25) is 4.98 Å². The van der Waals surface area contributed by atoms with E-state index in [1.165, 1.54) is 0 Å². The Hall–Kier alpha value is -2.03. The Balaban J connectivity index is 2.31. The van der Waals surface area contributed by atoms with Crippen LogP contribution in [0.3, 0.4) is 0 Å². The van der Waals surface area contributed by atoms with Gasteiger partial charge in [-0.15, -0.1) is 0 Å². The zero-order chi connectivity index (χ0) is 11.5. The molecule has 82 valence electrons. The van der Waals surface area contributed by atoms with Crippen LogP contribution in [0.2, 0.25) is 0 Å². The summed E-state index contributed by atoms with van der Waals surface area (Å²) in [6, 6.07) is 9.35. The Labute approximate surface area is 94.9 Å². The normalized spacial score (nSPS) is 10.1. The number of benzene rings is 1. The number of ether oxygens (including phenoxy) is 1. The monoisotopic (exact) mass is 214 g/mol. The van der Waals surface area contributed by atoms with E-state index in [-0.39, 0.29) is 0 Å². The minimum absolute atomic E-state index is 0.743. The highest BCUT2D eigenvalue weighted by molar-refractivity contribution is 5.48. The van der Waals surface area contributed by atoms with E-state index in [4.69, 9.17) is 10.5 Å². The Kier molecular flexibility index (Phi) is 2.77. The number of aromatic nitrogens is 1. The van der Waals surface area contributed by atoms with Crippen molar-refractivity contribution < 1.29 is 4.74 Å². The van der Waals surface area contributed by atoms with Crippen LogP contribution in [0.25, 0.3) is 0 Å². The quantitative estimate of drug-likeness (QED) is 0.781. The number of hydrogen-bond donors (Lipinski definition) is 1. The van der Waals surface area contributed by atoms with Gasteiger partial charge in [0, 0.05) is 11.9 Å². The lowest BCUT2D eigenvalue weighted by Crippen LogP contribution is -1.93. The van der Waals surface area contributed by atoms with Gasteiger partial charge in [-0.25, -0.2) is 0 Å². The predicted octanol–water partition coefficient (Wildman–Crippen LogP) is 3.07. The third-order valence-electron chi connectivity index (χ3n) is 2.38. The summed E-state index contributed by atoms with van der Waals surface area (Å²) >= 11 is 0. The van der Waals surface area contributed by atoms with Crippen molar-refractivity contribution in [3.05, 3.63) is 47.8 Å². The maximum atomic E-state index is 5.78. The smallest absolute Gasteiger partial charge is 0.148 e. The fourth-order valence-corrected chi connectivity index (χ4v) is 1.48. The molecule has 0 radical (unpaired) electrons. The Morgan fingerprint density at radius 3 is 2.62 bits per heavy atom. The van der Waals surface area contributed by atoms with Gasteiger partial charge in [0.15, 0.2) is 0 Å².